The first-order chi connectivity index (χ1) is 8.70. The number of carbonyl (C=O) groups is 1. The molecule has 5 nitrogen and oxygen atoms in total. The third-order valence-corrected chi connectivity index (χ3v) is 2.52. The fraction of sp³-hybridized carbons (Fsp3) is 0.231. The second-order valence-corrected chi connectivity index (χ2v) is 3.85. The van der Waals surface area contributed by atoms with Crippen molar-refractivity contribution in [1.29, 1.82) is 0 Å². The van der Waals surface area contributed by atoms with E-state index < -0.39 is 0 Å². The molecule has 0 bridgehead atoms. The fourth-order valence-corrected chi connectivity index (χ4v) is 1.60. The van der Waals surface area contributed by atoms with Crippen LogP contribution >= 0.6 is 0 Å². The quantitative estimate of drug-likeness (QED) is 0.869. The Bertz CT molecular complexity index is 535. The van der Waals surface area contributed by atoms with Crippen LogP contribution in [0, 0.1) is 6.92 Å². The molecule has 0 unspecified atom stereocenters. The lowest BCUT2D eigenvalue weighted by molar-refractivity contribution is 0.102. The average molecular weight is 245 g/mol. The number of ether oxygens (including phenoxy) is 1. The number of H-pyrrole nitrogens is 1. The molecule has 2 aromatic rings. The molecule has 0 aliphatic carbocycles. The number of aromatic amines is 1. The molecule has 0 aliphatic heterocycles. The van der Waals surface area contributed by atoms with Crippen LogP contribution in [0.3, 0.4) is 0 Å². The normalized spacial score (nSPS) is 10.1. The van der Waals surface area contributed by atoms with Gasteiger partial charge in [-0.3, -0.25) is 9.89 Å². The summed E-state index contributed by atoms with van der Waals surface area (Å²) >= 11 is 0. The highest BCUT2D eigenvalue weighted by Crippen LogP contribution is 2.21. The van der Waals surface area contributed by atoms with Gasteiger partial charge in [-0.2, -0.15) is 5.10 Å². The van der Waals surface area contributed by atoms with Crippen LogP contribution in [-0.4, -0.2) is 22.7 Å². The van der Waals surface area contributed by atoms with E-state index in [1.807, 2.05) is 32.0 Å². The molecule has 1 heterocycles. The Balaban J connectivity index is 2.12. The Morgan fingerprint density at radius 3 is 2.94 bits per heavy atom. The van der Waals surface area contributed by atoms with E-state index in [1.165, 1.54) is 6.20 Å². The van der Waals surface area contributed by atoms with Gasteiger partial charge in [-0.25, -0.2) is 0 Å². The number of benzene rings is 1. The molecule has 0 saturated heterocycles. The summed E-state index contributed by atoms with van der Waals surface area (Å²) in [6, 6.07) is 5.56. The monoisotopic (exact) mass is 245 g/mol. The second kappa shape index (κ2) is 5.35. The van der Waals surface area contributed by atoms with E-state index in [9.17, 15) is 4.79 Å². The van der Waals surface area contributed by atoms with Gasteiger partial charge in [0.15, 0.2) is 0 Å². The zero-order valence-electron chi connectivity index (χ0n) is 10.4. The summed E-state index contributed by atoms with van der Waals surface area (Å²) in [4.78, 5) is 11.8. The minimum Gasteiger partial charge on any atom is -0.494 e. The predicted molar refractivity (Wildman–Crippen MR) is 68.9 cm³/mol. The first kappa shape index (κ1) is 12.2. The smallest absolute Gasteiger partial charge is 0.258 e. The van der Waals surface area contributed by atoms with Crippen molar-refractivity contribution in [2.45, 2.75) is 13.8 Å². The van der Waals surface area contributed by atoms with Gasteiger partial charge in [0.25, 0.3) is 5.91 Å². The van der Waals surface area contributed by atoms with Gasteiger partial charge in [0.05, 0.1) is 18.4 Å². The van der Waals surface area contributed by atoms with Crippen LogP contribution in [0.2, 0.25) is 0 Å². The highest BCUT2D eigenvalue weighted by Gasteiger charge is 2.08. The number of amides is 1. The summed E-state index contributed by atoms with van der Waals surface area (Å²) < 4.78 is 5.39. The Labute approximate surface area is 105 Å². The number of carbonyl (C=O) groups excluding carboxylic acids is 1. The zero-order valence-corrected chi connectivity index (χ0v) is 10.4. The summed E-state index contributed by atoms with van der Waals surface area (Å²) in [5.41, 5.74) is 2.23. The lowest BCUT2D eigenvalue weighted by Crippen LogP contribution is -2.11. The van der Waals surface area contributed by atoms with E-state index >= 15 is 0 Å². The topological polar surface area (TPSA) is 67.0 Å². The first-order valence-electron chi connectivity index (χ1n) is 5.74. The van der Waals surface area contributed by atoms with E-state index in [4.69, 9.17) is 4.74 Å². The molecule has 0 atom stereocenters. The first-order valence-corrected chi connectivity index (χ1v) is 5.74. The Morgan fingerprint density at radius 1 is 1.50 bits per heavy atom. The van der Waals surface area contributed by atoms with Crippen molar-refractivity contribution >= 4 is 11.6 Å². The standard InChI is InChI=1S/C13H15N3O2/c1-3-18-11-4-5-12(9(2)6-11)16-13(17)10-7-14-15-8-10/h4-8H,3H2,1-2H3,(H,14,15)(H,16,17). The number of nitrogens with zero attached hydrogens (tertiary/aromatic N) is 1. The van der Waals surface area contributed by atoms with Crippen molar-refractivity contribution in [3.8, 4) is 5.75 Å². The van der Waals surface area contributed by atoms with Crippen molar-refractivity contribution in [3.63, 3.8) is 0 Å². The maximum Gasteiger partial charge on any atom is 0.258 e. The molecule has 94 valence electrons. The summed E-state index contributed by atoms with van der Waals surface area (Å²) in [5.74, 6) is 0.618. The molecule has 0 spiro atoms. The van der Waals surface area contributed by atoms with E-state index in [-0.39, 0.29) is 5.91 Å². The second-order valence-electron chi connectivity index (χ2n) is 3.85. The van der Waals surface area contributed by atoms with E-state index in [0.717, 1.165) is 17.0 Å². The van der Waals surface area contributed by atoms with Crippen LogP contribution in [0.1, 0.15) is 22.8 Å². The largest absolute Gasteiger partial charge is 0.494 e. The van der Waals surface area contributed by atoms with Gasteiger partial charge in [-0.15, -0.1) is 0 Å². The van der Waals surface area contributed by atoms with Crippen molar-refractivity contribution in [3.05, 3.63) is 41.7 Å². The number of hydrogen-bond donors (Lipinski definition) is 2. The Hall–Kier alpha value is -2.30. The molecule has 2 N–H and O–H groups in total. The maximum absolute atomic E-state index is 11.8. The van der Waals surface area contributed by atoms with Crippen LogP contribution in [0.4, 0.5) is 5.69 Å². The van der Waals surface area contributed by atoms with Crippen molar-refractivity contribution < 1.29 is 9.53 Å². The molecule has 0 fully saturated rings. The highest BCUT2D eigenvalue weighted by molar-refractivity contribution is 6.04. The summed E-state index contributed by atoms with van der Waals surface area (Å²) in [7, 11) is 0. The van der Waals surface area contributed by atoms with Crippen LogP contribution < -0.4 is 10.1 Å². The van der Waals surface area contributed by atoms with Gasteiger partial charge in [-0.05, 0) is 37.6 Å². The van der Waals surface area contributed by atoms with Crippen molar-refractivity contribution in [1.82, 2.24) is 10.2 Å². The van der Waals surface area contributed by atoms with Crippen molar-refractivity contribution in [2.75, 3.05) is 11.9 Å². The number of nitrogens with one attached hydrogen (secondary N) is 2. The number of aryl methyl sites for hydroxylation is 1. The molecular formula is C13H15N3O2. The maximum atomic E-state index is 11.8. The van der Waals surface area contributed by atoms with Gasteiger partial charge in [0, 0.05) is 11.9 Å². The molecule has 2 rings (SSSR count). The Morgan fingerprint density at radius 2 is 2.33 bits per heavy atom. The molecule has 5 heteroatoms. The average Bonchev–Trinajstić information content (AvgIpc) is 2.86. The molecule has 0 radical (unpaired) electrons. The van der Waals surface area contributed by atoms with Gasteiger partial charge in [0.1, 0.15) is 5.75 Å². The molecule has 1 aromatic heterocycles. The third-order valence-electron chi connectivity index (χ3n) is 2.52. The third kappa shape index (κ3) is 2.68. The molecule has 18 heavy (non-hydrogen) atoms. The van der Waals surface area contributed by atoms with Gasteiger partial charge < -0.3 is 10.1 Å². The number of rotatable bonds is 4. The highest BCUT2D eigenvalue weighted by atomic mass is 16.5. The van der Waals surface area contributed by atoms with Crippen LogP contribution in [0.5, 0.6) is 5.75 Å². The zero-order chi connectivity index (χ0) is 13.0. The lowest BCUT2D eigenvalue weighted by atomic mass is 10.2. The molecule has 0 saturated carbocycles. The molecule has 1 amide bonds. The summed E-state index contributed by atoms with van der Waals surface area (Å²) in [5, 5.41) is 9.17. The van der Waals surface area contributed by atoms with E-state index in [0.29, 0.717) is 12.2 Å². The van der Waals surface area contributed by atoms with Gasteiger partial charge in [-0.1, -0.05) is 0 Å². The SMILES string of the molecule is CCOc1ccc(NC(=O)c2cn[nH]c2)c(C)c1. The number of anilines is 1. The minimum atomic E-state index is -0.184. The van der Waals surface area contributed by atoms with E-state index in [2.05, 4.69) is 15.5 Å². The van der Waals surface area contributed by atoms with E-state index in [1.54, 1.807) is 6.20 Å². The molecule has 0 aliphatic rings. The number of aromatic nitrogens is 2. The van der Waals surface area contributed by atoms with Crippen LogP contribution in [0.25, 0.3) is 0 Å². The van der Waals surface area contributed by atoms with Crippen molar-refractivity contribution in [2.24, 2.45) is 0 Å². The predicted octanol–water partition coefficient (Wildman–Crippen LogP) is 2.37. The number of hydrogen-bond acceptors (Lipinski definition) is 3. The van der Waals surface area contributed by atoms with Crippen LogP contribution in [0.15, 0.2) is 30.6 Å². The fourth-order valence-electron chi connectivity index (χ4n) is 1.60. The van der Waals surface area contributed by atoms with Gasteiger partial charge >= 0.3 is 0 Å². The Kier molecular flexibility index (Phi) is 3.62. The van der Waals surface area contributed by atoms with Gasteiger partial charge in [0.2, 0.25) is 0 Å². The molecular weight excluding hydrogens is 230 g/mol. The lowest BCUT2D eigenvalue weighted by Gasteiger charge is -2.09. The summed E-state index contributed by atoms with van der Waals surface area (Å²) in [6.07, 6.45) is 3.04. The molecule has 1 aromatic carbocycles. The summed E-state index contributed by atoms with van der Waals surface area (Å²) in [6.45, 7) is 4.48. The van der Waals surface area contributed by atoms with Crippen LogP contribution in [-0.2, 0) is 0 Å². The minimum absolute atomic E-state index is 0.184.